The lowest BCUT2D eigenvalue weighted by molar-refractivity contribution is -0.142. The number of nitrogens with one attached hydrogen (secondary N) is 1. The maximum Gasteiger partial charge on any atom is 0.261 e. The van der Waals surface area contributed by atoms with Crippen molar-refractivity contribution in [3.05, 3.63) is 63.7 Å². The van der Waals surface area contributed by atoms with Gasteiger partial charge in [0.25, 0.3) is 5.91 Å². The number of hydrogen-bond donors (Lipinski definition) is 1. The van der Waals surface area contributed by atoms with Crippen LogP contribution in [0.3, 0.4) is 0 Å². The Labute approximate surface area is 202 Å². The Morgan fingerprint density at radius 2 is 1.70 bits per heavy atom. The van der Waals surface area contributed by atoms with Crippen molar-refractivity contribution in [3.8, 4) is 5.75 Å². The number of nitrogens with zero attached hydrogens (tertiary/aromatic N) is 1. The van der Waals surface area contributed by atoms with Gasteiger partial charge in [0, 0.05) is 17.6 Å². The van der Waals surface area contributed by atoms with Gasteiger partial charge >= 0.3 is 0 Å². The lowest BCUT2D eigenvalue weighted by Crippen LogP contribution is -2.51. The molecular formula is C27H35ClN2O3. The number of carbonyl (C=O) groups is 2. The van der Waals surface area contributed by atoms with Crippen molar-refractivity contribution in [2.45, 2.75) is 78.4 Å². The number of halogens is 1. The summed E-state index contributed by atoms with van der Waals surface area (Å²) in [5.74, 6) is 0.259. The Morgan fingerprint density at radius 3 is 2.33 bits per heavy atom. The maximum atomic E-state index is 13.3. The van der Waals surface area contributed by atoms with Crippen LogP contribution in [0.5, 0.6) is 5.75 Å². The van der Waals surface area contributed by atoms with E-state index in [1.165, 1.54) is 6.42 Å². The van der Waals surface area contributed by atoms with E-state index in [4.69, 9.17) is 16.3 Å². The molecule has 0 saturated heterocycles. The molecule has 2 aromatic rings. The van der Waals surface area contributed by atoms with E-state index in [1.807, 2.05) is 57.2 Å². The zero-order valence-electron chi connectivity index (χ0n) is 20.1. The van der Waals surface area contributed by atoms with Gasteiger partial charge < -0.3 is 15.0 Å². The third-order valence-electron chi connectivity index (χ3n) is 6.49. The molecule has 0 unspecified atom stereocenters. The molecule has 0 aromatic heterocycles. The molecule has 1 fully saturated rings. The number of benzene rings is 2. The van der Waals surface area contributed by atoms with Crippen molar-refractivity contribution in [2.75, 3.05) is 6.61 Å². The molecule has 1 aliphatic carbocycles. The number of ether oxygens (including phenoxy) is 1. The average Bonchev–Trinajstić information content (AvgIpc) is 2.80. The highest BCUT2D eigenvalue weighted by atomic mass is 35.5. The summed E-state index contributed by atoms with van der Waals surface area (Å²) in [5.41, 5.74) is 3.90. The van der Waals surface area contributed by atoms with E-state index in [0.29, 0.717) is 17.3 Å². The molecule has 1 N–H and O–H groups in total. The molecule has 0 bridgehead atoms. The summed E-state index contributed by atoms with van der Waals surface area (Å²) in [6.07, 6.45) is 5.50. The lowest BCUT2D eigenvalue weighted by Gasteiger charge is -2.31. The predicted octanol–water partition coefficient (Wildman–Crippen LogP) is 5.51. The molecule has 1 saturated carbocycles. The van der Waals surface area contributed by atoms with Gasteiger partial charge in [-0.05, 0) is 74.9 Å². The van der Waals surface area contributed by atoms with Crippen molar-refractivity contribution in [1.29, 1.82) is 0 Å². The second-order valence-electron chi connectivity index (χ2n) is 9.13. The van der Waals surface area contributed by atoms with Crippen molar-refractivity contribution >= 4 is 23.4 Å². The average molecular weight is 471 g/mol. The highest BCUT2D eigenvalue weighted by molar-refractivity contribution is 6.32. The summed E-state index contributed by atoms with van der Waals surface area (Å²) in [4.78, 5) is 28.0. The minimum atomic E-state index is -0.601. The number of rotatable bonds is 8. The van der Waals surface area contributed by atoms with Gasteiger partial charge in [-0.2, -0.15) is 0 Å². The summed E-state index contributed by atoms with van der Waals surface area (Å²) in [7, 11) is 0. The summed E-state index contributed by atoms with van der Waals surface area (Å²) < 4.78 is 5.83. The zero-order chi connectivity index (χ0) is 24.0. The molecule has 1 aliphatic rings. The van der Waals surface area contributed by atoms with Crippen molar-refractivity contribution < 1.29 is 14.3 Å². The van der Waals surface area contributed by atoms with Gasteiger partial charge in [-0.1, -0.05) is 55.1 Å². The monoisotopic (exact) mass is 470 g/mol. The molecule has 0 spiro atoms. The molecule has 6 heteroatoms. The molecule has 0 aliphatic heterocycles. The normalized spacial score (nSPS) is 15.1. The van der Waals surface area contributed by atoms with Crippen molar-refractivity contribution in [2.24, 2.45) is 0 Å². The van der Waals surface area contributed by atoms with Gasteiger partial charge in [-0.3, -0.25) is 9.59 Å². The van der Waals surface area contributed by atoms with E-state index >= 15 is 0 Å². The van der Waals surface area contributed by atoms with Crippen LogP contribution in [0.1, 0.15) is 61.3 Å². The van der Waals surface area contributed by atoms with E-state index < -0.39 is 6.04 Å². The van der Waals surface area contributed by atoms with Gasteiger partial charge in [0.1, 0.15) is 11.8 Å². The van der Waals surface area contributed by atoms with E-state index in [-0.39, 0.29) is 24.5 Å². The summed E-state index contributed by atoms with van der Waals surface area (Å²) in [6, 6.07) is 11.2. The second kappa shape index (κ2) is 11.6. The third kappa shape index (κ3) is 6.73. The SMILES string of the molecule is Cc1ccccc1CN(C(=O)COc1cc(C)c(Cl)c(C)c1)[C@@H](C)C(=O)NC1CCCCC1. The lowest BCUT2D eigenvalue weighted by atomic mass is 9.95. The van der Waals surface area contributed by atoms with E-state index in [2.05, 4.69) is 5.32 Å². The number of carbonyl (C=O) groups excluding carboxylic acids is 2. The van der Waals surface area contributed by atoms with Gasteiger partial charge in [-0.15, -0.1) is 0 Å². The zero-order valence-corrected chi connectivity index (χ0v) is 20.9. The Balaban J connectivity index is 1.74. The van der Waals surface area contributed by atoms with E-state index in [0.717, 1.165) is 47.9 Å². The number of aryl methyl sites for hydroxylation is 3. The molecule has 178 valence electrons. The molecule has 0 heterocycles. The van der Waals surface area contributed by atoms with Crippen LogP contribution in [0, 0.1) is 20.8 Å². The first-order valence-corrected chi connectivity index (χ1v) is 12.2. The first-order valence-electron chi connectivity index (χ1n) is 11.8. The maximum absolute atomic E-state index is 13.3. The van der Waals surface area contributed by atoms with Crippen LogP contribution in [-0.4, -0.2) is 35.4 Å². The molecule has 1 atom stereocenters. The van der Waals surface area contributed by atoms with Gasteiger partial charge in [0.15, 0.2) is 6.61 Å². The van der Waals surface area contributed by atoms with Crippen molar-refractivity contribution in [3.63, 3.8) is 0 Å². The topological polar surface area (TPSA) is 58.6 Å². The third-order valence-corrected chi connectivity index (χ3v) is 7.09. The Bertz CT molecular complexity index is 962. The number of amides is 2. The highest BCUT2D eigenvalue weighted by Crippen LogP contribution is 2.26. The van der Waals surface area contributed by atoms with Gasteiger partial charge in [0.2, 0.25) is 5.91 Å². The fourth-order valence-corrected chi connectivity index (χ4v) is 4.45. The summed E-state index contributed by atoms with van der Waals surface area (Å²) in [5, 5.41) is 3.86. The molecule has 2 amide bonds. The van der Waals surface area contributed by atoms with Gasteiger partial charge in [-0.25, -0.2) is 0 Å². The minimum Gasteiger partial charge on any atom is -0.484 e. The first-order chi connectivity index (χ1) is 15.8. The van der Waals surface area contributed by atoms with E-state index in [9.17, 15) is 9.59 Å². The molecule has 0 radical (unpaired) electrons. The molecule has 5 nitrogen and oxygen atoms in total. The highest BCUT2D eigenvalue weighted by Gasteiger charge is 2.28. The fraction of sp³-hybridized carbons (Fsp3) is 0.481. The predicted molar refractivity (Wildman–Crippen MR) is 133 cm³/mol. The second-order valence-corrected chi connectivity index (χ2v) is 9.51. The van der Waals surface area contributed by atoms with Crippen molar-refractivity contribution in [1.82, 2.24) is 10.2 Å². The van der Waals surface area contributed by atoms with Crippen LogP contribution in [0.4, 0.5) is 0 Å². The Morgan fingerprint density at radius 1 is 1.06 bits per heavy atom. The van der Waals surface area contributed by atoms with Crippen LogP contribution in [0.25, 0.3) is 0 Å². The van der Waals surface area contributed by atoms with Gasteiger partial charge in [0.05, 0.1) is 0 Å². The van der Waals surface area contributed by atoms with E-state index in [1.54, 1.807) is 11.8 Å². The van der Waals surface area contributed by atoms with Crippen LogP contribution in [-0.2, 0) is 16.1 Å². The number of hydrogen-bond acceptors (Lipinski definition) is 3. The first kappa shape index (κ1) is 25.1. The molecule has 3 rings (SSSR count). The van der Waals surface area contributed by atoms with Crippen LogP contribution < -0.4 is 10.1 Å². The largest absolute Gasteiger partial charge is 0.484 e. The summed E-state index contributed by atoms with van der Waals surface area (Å²) >= 11 is 6.25. The quantitative estimate of drug-likeness (QED) is 0.553. The minimum absolute atomic E-state index is 0.109. The van der Waals surface area contributed by atoms with Crippen LogP contribution in [0.15, 0.2) is 36.4 Å². The van der Waals surface area contributed by atoms with Crippen LogP contribution >= 0.6 is 11.6 Å². The Hall–Kier alpha value is -2.53. The van der Waals surface area contributed by atoms with Crippen LogP contribution in [0.2, 0.25) is 5.02 Å². The standard InChI is InChI=1S/C27H35ClN2O3/c1-18-10-8-9-11-22(18)16-30(21(4)27(32)29-23-12-6-5-7-13-23)25(31)17-33-24-14-19(2)26(28)20(3)15-24/h8-11,14-15,21,23H,5-7,12-13,16-17H2,1-4H3,(H,29,32)/t21-/m0/s1. The molecule has 33 heavy (non-hydrogen) atoms. The fourth-order valence-electron chi connectivity index (χ4n) is 4.34. The Kier molecular flexibility index (Phi) is 8.79. The molecular weight excluding hydrogens is 436 g/mol. The smallest absolute Gasteiger partial charge is 0.261 e. The summed E-state index contributed by atoms with van der Waals surface area (Å²) in [6.45, 7) is 7.84. The molecule has 2 aromatic carbocycles.